The van der Waals surface area contributed by atoms with Crippen LogP contribution in [0, 0.1) is 11.8 Å². The lowest BCUT2D eigenvalue weighted by Gasteiger charge is -2.02. The molecule has 2 rings (SSSR count). The molecule has 0 amide bonds. The fourth-order valence-electron chi connectivity index (χ4n) is 2.03. The van der Waals surface area contributed by atoms with Gasteiger partial charge in [-0.15, -0.1) is 10.2 Å². The van der Waals surface area contributed by atoms with Gasteiger partial charge >= 0.3 is 0 Å². The van der Waals surface area contributed by atoms with Crippen molar-refractivity contribution in [1.29, 1.82) is 0 Å². The second kappa shape index (κ2) is 13.8. The van der Waals surface area contributed by atoms with Gasteiger partial charge in [0.25, 0.3) is 0 Å². The molecule has 0 aromatic carbocycles. The summed E-state index contributed by atoms with van der Waals surface area (Å²) in [6, 6.07) is 0.297. The van der Waals surface area contributed by atoms with Gasteiger partial charge in [-0.2, -0.15) is 0 Å². The minimum Gasteiger partial charge on any atom is -0.299 e. The summed E-state index contributed by atoms with van der Waals surface area (Å²) in [5.41, 5.74) is 1.69. The highest BCUT2D eigenvalue weighted by molar-refractivity contribution is 5.82. The summed E-state index contributed by atoms with van der Waals surface area (Å²) < 4.78 is 3.38. The fraction of sp³-hybridized carbons (Fsp3) is 0.727. The third-order valence-corrected chi connectivity index (χ3v) is 4.20. The maximum atomic E-state index is 11.4. The topological polar surface area (TPSA) is 95.6 Å². The molecule has 172 valence electrons. The zero-order valence-corrected chi connectivity index (χ0v) is 18.4. The van der Waals surface area contributed by atoms with E-state index < -0.39 is 0 Å². The van der Waals surface area contributed by atoms with E-state index in [2.05, 4.69) is 34.5 Å². The first kappa shape index (κ1) is 29.8. The highest BCUT2D eigenvalue weighted by Crippen LogP contribution is 2.09. The molecule has 0 atom stereocenters. The Bertz CT molecular complexity index is 695. The highest BCUT2D eigenvalue weighted by Gasteiger charge is 2.12. The lowest BCUT2D eigenvalue weighted by atomic mass is 10.1. The van der Waals surface area contributed by atoms with E-state index in [1.165, 1.54) is 0 Å². The summed E-state index contributed by atoms with van der Waals surface area (Å²) in [6.07, 6.45) is 4.07. The van der Waals surface area contributed by atoms with Crippen LogP contribution in [-0.2, 0) is 22.6 Å². The fourth-order valence-corrected chi connectivity index (χ4v) is 2.03. The van der Waals surface area contributed by atoms with Gasteiger partial charge in [-0.05, 0) is 19.8 Å². The van der Waals surface area contributed by atoms with Crippen molar-refractivity contribution in [3.8, 4) is 0 Å². The summed E-state index contributed by atoms with van der Waals surface area (Å²) in [4.78, 5) is 22.8. The number of carbonyl (C=O) groups excluding carboxylic acids is 2. The quantitative estimate of drug-likeness (QED) is 0.620. The molecule has 8 heteroatoms. The van der Waals surface area contributed by atoms with Crippen LogP contribution in [-0.4, -0.2) is 41.6 Å². The molecule has 2 aromatic rings. The van der Waals surface area contributed by atoms with Crippen molar-refractivity contribution in [3.63, 3.8) is 0 Å². The molecular formula is C22H42N6O2. The Morgan fingerprint density at radius 3 is 1.80 bits per heavy atom. The van der Waals surface area contributed by atoms with E-state index >= 15 is 0 Å². The van der Waals surface area contributed by atoms with Crippen LogP contribution in [0.3, 0.4) is 0 Å². The molecule has 0 bridgehead atoms. The van der Waals surface area contributed by atoms with Crippen LogP contribution in [0.4, 0.5) is 0 Å². The van der Waals surface area contributed by atoms with Crippen LogP contribution in [0.25, 0.3) is 0 Å². The molecule has 0 saturated heterocycles. The number of hydrogen-bond acceptors (Lipinski definition) is 6. The zero-order chi connectivity index (χ0) is 21.4. The molecule has 0 fully saturated rings. The van der Waals surface area contributed by atoms with E-state index in [0.29, 0.717) is 24.9 Å². The van der Waals surface area contributed by atoms with Crippen molar-refractivity contribution in [2.24, 2.45) is 11.8 Å². The first-order chi connectivity index (χ1) is 13.0. The number of nitrogens with zero attached hydrogens (tertiary/aromatic N) is 6. The Kier molecular flexibility index (Phi) is 13.7. The van der Waals surface area contributed by atoms with E-state index in [9.17, 15) is 9.59 Å². The second-order valence-corrected chi connectivity index (χ2v) is 8.20. The molecule has 2 aromatic heterocycles. The molecule has 2 heterocycles. The van der Waals surface area contributed by atoms with Gasteiger partial charge in [0.15, 0.2) is 5.78 Å². The van der Waals surface area contributed by atoms with Gasteiger partial charge in [0.2, 0.25) is 0 Å². The molecule has 0 aliphatic rings. The first-order valence-electron chi connectivity index (χ1n) is 9.87. The number of Topliss-reactive ketones (excluding diaryl/α,β-unsaturated/α-hetero) is 2. The van der Waals surface area contributed by atoms with Crippen molar-refractivity contribution in [2.75, 3.05) is 0 Å². The van der Waals surface area contributed by atoms with Crippen LogP contribution in [0.2, 0.25) is 0 Å². The summed E-state index contributed by atoms with van der Waals surface area (Å²) in [5, 5.41) is 15.8. The average molecular weight is 423 g/mol. The van der Waals surface area contributed by atoms with Crippen LogP contribution in [0.5, 0.6) is 0 Å². The van der Waals surface area contributed by atoms with Gasteiger partial charge in [0, 0.05) is 30.3 Å². The van der Waals surface area contributed by atoms with E-state index in [1.807, 2.05) is 53.9 Å². The number of hydrogen-bond donors (Lipinski definition) is 0. The molecule has 0 unspecified atom stereocenters. The van der Waals surface area contributed by atoms with Gasteiger partial charge in [-0.3, -0.25) is 9.59 Å². The number of rotatable bonds is 8. The minimum absolute atomic E-state index is 0. The molecule has 8 nitrogen and oxygen atoms in total. The van der Waals surface area contributed by atoms with Gasteiger partial charge in [0.05, 0.1) is 17.8 Å². The Labute approximate surface area is 182 Å². The number of carbonyl (C=O) groups is 2. The predicted molar refractivity (Wildman–Crippen MR) is 121 cm³/mol. The van der Waals surface area contributed by atoms with Crippen molar-refractivity contribution in [3.05, 3.63) is 23.8 Å². The maximum Gasteiger partial charge on any atom is 0.156 e. The van der Waals surface area contributed by atoms with Crippen LogP contribution >= 0.6 is 0 Å². The standard InChI is InChI=1S/2C10H17N3O.2CH4/c1-7(2)9-5-13(12-11-9)6-10(14)8(3)4;1-7(2)10(14)5-9-6-13(8(3)4)12-11-9;;/h5,7-8H,6H2,1-4H3;6-8H,5H2,1-4H3;2*1H4. The minimum atomic E-state index is 0. The highest BCUT2D eigenvalue weighted by atomic mass is 16.1. The van der Waals surface area contributed by atoms with E-state index in [1.54, 1.807) is 9.36 Å². The average Bonchev–Trinajstić information content (AvgIpc) is 3.24. The Hall–Kier alpha value is -2.38. The van der Waals surface area contributed by atoms with Gasteiger partial charge in [-0.25, -0.2) is 9.36 Å². The lowest BCUT2D eigenvalue weighted by molar-refractivity contribution is -0.123. The van der Waals surface area contributed by atoms with Crippen LogP contribution < -0.4 is 0 Å². The molecule has 0 aliphatic carbocycles. The zero-order valence-electron chi connectivity index (χ0n) is 18.4. The molecule has 30 heavy (non-hydrogen) atoms. The second-order valence-electron chi connectivity index (χ2n) is 8.20. The van der Waals surface area contributed by atoms with Crippen molar-refractivity contribution < 1.29 is 9.59 Å². The van der Waals surface area contributed by atoms with Crippen molar-refractivity contribution >= 4 is 11.6 Å². The monoisotopic (exact) mass is 422 g/mol. The van der Waals surface area contributed by atoms with Gasteiger partial charge in [-0.1, -0.05) is 66.8 Å². The normalized spacial score (nSPS) is 10.5. The molecule has 0 aliphatic heterocycles. The van der Waals surface area contributed by atoms with Crippen LogP contribution in [0.1, 0.15) is 93.6 Å². The summed E-state index contributed by atoms with van der Waals surface area (Å²) in [7, 11) is 0. The molecule has 0 spiro atoms. The predicted octanol–water partition coefficient (Wildman–Crippen LogP) is 4.53. The van der Waals surface area contributed by atoms with E-state index in [4.69, 9.17) is 0 Å². The summed E-state index contributed by atoms with van der Waals surface area (Å²) in [6.45, 7) is 16.1. The van der Waals surface area contributed by atoms with E-state index in [0.717, 1.165) is 11.4 Å². The van der Waals surface area contributed by atoms with Crippen molar-refractivity contribution in [2.45, 2.75) is 95.2 Å². The number of aromatic nitrogens is 6. The molecule has 0 radical (unpaired) electrons. The Morgan fingerprint density at radius 2 is 1.40 bits per heavy atom. The van der Waals surface area contributed by atoms with E-state index in [-0.39, 0.29) is 38.3 Å². The largest absolute Gasteiger partial charge is 0.299 e. The molecule has 0 N–H and O–H groups in total. The van der Waals surface area contributed by atoms with Gasteiger partial charge in [0.1, 0.15) is 12.3 Å². The molecular weight excluding hydrogens is 380 g/mol. The number of ketones is 2. The third kappa shape index (κ3) is 9.89. The Morgan fingerprint density at radius 1 is 0.833 bits per heavy atom. The first-order valence-corrected chi connectivity index (χ1v) is 9.87. The van der Waals surface area contributed by atoms with Crippen LogP contribution in [0.15, 0.2) is 12.4 Å². The van der Waals surface area contributed by atoms with Crippen molar-refractivity contribution in [1.82, 2.24) is 30.0 Å². The Balaban J connectivity index is 0. The summed E-state index contributed by atoms with van der Waals surface area (Å²) >= 11 is 0. The lowest BCUT2D eigenvalue weighted by Crippen LogP contribution is -2.15. The maximum absolute atomic E-state index is 11.4. The molecule has 0 saturated carbocycles. The van der Waals surface area contributed by atoms with Gasteiger partial charge < -0.3 is 0 Å². The smallest absolute Gasteiger partial charge is 0.156 e. The third-order valence-electron chi connectivity index (χ3n) is 4.20. The SMILES string of the molecule is C.C.CC(C)C(=O)Cc1cn(C(C)C)nn1.CC(C)C(=O)Cn1cc(C(C)C)nn1. The summed E-state index contributed by atoms with van der Waals surface area (Å²) in [5.74, 6) is 0.879.